The fraction of sp³-hybridized carbons (Fsp3) is 0.200. The number of halogens is 3. The number of alkyl halides is 1. The Bertz CT molecular complexity index is 332. The molecule has 0 aliphatic rings. The van der Waals surface area contributed by atoms with Crippen LogP contribution in [-0.4, -0.2) is 5.38 Å². The predicted molar refractivity (Wildman–Crippen MR) is 50.7 cm³/mol. The van der Waals surface area contributed by atoms with Crippen LogP contribution in [0.15, 0.2) is 24.8 Å². The summed E-state index contributed by atoms with van der Waals surface area (Å²) in [6.45, 7) is 5.31. The van der Waals surface area contributed by atoms with Gasteiger partial charge >= 0.3 is 0 Å². The number of benzene rings is 1. The van der Waals surface area contributed by atoms with Crippen LogP contribution in [0.25, 0.3) is 5.57 Å². The largest absolute Gasteiger partial charge is 0.207 e. The first kappa shape index (κ1) is 10.2. The molecule has 1 atom stereocenters. The molecule has 0 unspecified atom stereocenters. The molecule has 1 aromatic carbocycles. The Kier molecular flexibility index (Phi) is 3.04. The lowest BCUT2D eigenvalue weighted by Crippen LogP contribution is -1.98. The van der Waals surface area contributed by atoms with Gasteiger partial charge in [0, 0.05) is 11.6 Å². The second-order valence-electron chi connectivity index (χ2n) is 2.77. The number of hydrogen-bond acceptors (Lipinski definition) is 0. The summed E-state index contributed by atoms with van der Waals surface area (Å²) in [4.78, 5) is 0. The van der Waals surface area contributed by atoms with Gasteiger partial charge in [-0.2, -0.15) is 0 Å². The van der Waals surface area contributed by atoms with Crippen molar-refractivity contribution in [3.63, 3.8) is 0 Å². The zero-order valence-corrected chi connectivity index (χ0v) is 7.91. The van der Waals surface area contributed by atoms with Crippen LogP contribution >= 0.6 is 11.6 Å². The molecule has 70 valence electrons. The highest BCUT2D eigenvalue weighted by molar-refractivity contribution is 6.26. The first-order chi connectivity index (χ1) is 6.02. The lowest BCUT2D eigenvalue weighted by molar-refractivity contribution is 0.580. The second-order valence-corrected chi connectivity index (χ2v) is 3.42. The van der Waals surface area contributed by atoms with Gasteiger partial charge in [-0.1, -0.05) is 6.58 Å². The van der Waals surface area contributed by atoms with E-state index in [1.165, 1.54) is 12.1 Å². The Morgan fingerprint density at radius 2 is 2.08 bits per heavy atom. The maximum atomic E-state index is 13.1. The molecule has 1 rings (SSSR count). The Morgan fingerprint density at radius 1 is 1.46 bits per heavy atom. The van der Waals surface area contributed by atoms with Crippen LogP contribution < -0.4 is 0 Å². The van der Waals surface area contributed by atoms with Gasteiger partial charge in [0.15, 0.2) is 0 Å². The van der Waals surface area contributed by atoms with Crippen LogP contribution in [0.3, 0.4) is 0 Å². The second kappa shape index (κ2) is 3.88. The lowest BCUT2D eigenvalue weighted by atomic mass is 10.0. The minimum Gasteiger partial charge on any atom is -0.207 e. The van der Waals surface area contributed by atoms with Gasteiger partial charge in [0.2, 0.25) is 0 Å². The van der Waals surface area contributed by atoms with Gasteiger partial charge in [0.1, 0.15) is 11.6 Å². The average Bonchev–Trinajstić information content (AvgIpc) is 2.03. The standard InChI is InChI=1S/C10H9ClF2/c1-6(7(2)11)9-4-3-8(12)5-10(9)13/h3-5,7H,1H2,2H3/t7-/m1/s1. The van der Waals surface area contributed by atoms with Crippen LogP contribution in [0, 0.1) is 11.6 Å². The zero-order chi connectivity index (χ0) is 10.0. The van der Waals surface area contributed by atoms with Crippen LogP contribution in [0.4, 0.5) is 8.78 Å². The van der Waals surface area contributed by atoms with Crippen LogP contribution in [0.2, 0.25) is 0 Å². The minimum absolute atomic E-state index is 0.268. The molecule has 0 nitrogen and oxygen atoms in total. The van der Waals surface area contributed by atoms with E-state index in [1.54, 1.807) is 6.92 Å². The molecule has 0 fully saturated rings. The summed E-state index contributed by atoms with van der Waals surface area (Å²) in [5.41, 5.74) is 0.725. The highest BCUT2D eigenvalue weighted by atomic mass is 35.5. The van der Waals surface area contributed by atoms with Crippen LogP contribution in [-0.2, 0) is 0 Å². The van der Waals surface area contributed by atoms with Gasteiger partial charge in [0.25, 0.3) is 0 Å². The van der Waals surface area contributed by atoms with E-state index in [9.17, 15) is 8.78 Å². The van der Waals surface area contributed by atoms with Crippen molar-refractivity contribution in [1.29, 1.82) is 0 Å². The fourth-order valence-corrected chi connectivity index (χ4v) is 1.08. The van der Waals surface area contributed by atoms with Crippen molar-refractivity contribution in [1.82, 2.24) is 0 Å². The molecule has 13 heavy (non-hydrogen) atoms. The molecule has 0 N–H and O–H groups in total. The highest BCUT2D eigenvalue weighted by Crippen LogP contribution is 2.23. The first-order valence-electron chi connectivity index (χ1n) is 3.80. The SMILES string of the molecule is C=C(c1ccc(F)cc1F)[C@@H](C)Cl. The number of hydrogen-bond donors (Lipinski definition) is 0. The van der Waals surface area contributed by atoms with E-state index in [4.69, 9.17) is 11.6 Å². The minimum atomic E-state index is -0.627. The van der Waals surface area contributed by atoms with Crippen molar-refractivity contribution in [2.75, 3.05) is 0 Å². The molecule has 0 saturated heterocycles. The number of rotatable bonds is 2. The third-order valence-electron chi connectivity index (χ3n) is 1.76. The van der Waals surface area contributed by atoms with E-state index in [2.05, 4.69) is 6.58 Å². The van der Waals surface area contributed by atoms with Gasteiger partial charge in [0.05, 0.1) is 5.38 Å². The predicted octanol–water partition coefficient (Wildman–Crippen LogP) is 3.61. The van der Waals surface area contributed by atoms with Crippen molar-refractivity contribution in [3.8, 4) is 0 Å². The normalized spacial score (nSPS) is 12.6. The first-order valence-corrected chi connectivity index (χ1v) is 4.24. The molecular formula is C10H9ClF2. The summed E-state index contributed by atoms with van der Waals surface area (Å²) in [6, 6.07) is 3.34. The van der Waals surface area contributed by atoms with E-state index >= 15 is 0 Å². The molecule has 0 bridgehead atoms. The quantitative estimate of drug-likeness (QED) is 0.643. The molecule has 1 aromatic rings. The van der Waals surface area contributed by atoms with Crippen LogP contribution in [0.5, 0.6) is 0 Å². The smallest absolute Gasteiger partial charge is 0.133 e. The molecule has 0 radical (unpaired) electrons. The van der Waals surface area contributed by atoms with Crippen LogP contribution in [0.1, 0.15) is 12.5 Å². The summed E-state index contributed by atoms with van der Waals surface area (Å²) in [6.07, 6.45) is 0. The topological polar surface area (TPSA) is 0 Å². The van der Waals surface area contributed by atoms with E-state index < -0.39 is 11.6 Å². The highest BCUT2D eigenvalue weighted by Gasteiger charge is 2.10. The molecule has 0 aliphatic heterocycles. The molecular weight excluding hydrogens is 194 g/mol. The molecule has 0 saturated carbocycles. The van der Waals surface area contributed by atoms with Gasteiger partial charge in [-0.15, -0.1) is 11.6 Å². The third-order valence-corrected chi connectivity index (χ3v) is 2.02. The maximum Gasteiger partial charge on any atom is 0.133 e. The van der Waals surface area contributed by atoms with Crippen molar-refractivity contribution in [3.05, 3.63) is 42.0 Å². The van der Waals surface area contributed by atoms with Crippen molar-refractivity contribution < 1.29 is 8.78 Å². The van der Waals surface area contributed by atoms with E-state index in [1.807, 2.05) is 0 Å². The lowest BCUT2D eigenvalue weighted by Gasteiger charge is -2.08. The summed E-state index contributed by atoms with van der Waals surface area (Å²) < 4.78 is 25.6. The molecule has 0 amide bonds. The van der Waals surface area contributed by atoms with E-state index in [0.717, 1.165) is 6.07 Å². The van der Waals surface area contributed by atoms with Gasteiger partial charge in [-0.05, 0) is 24.6 Å². The summed E-state index contributed by atoms with van der Waals surface area (Å²) in [7, 11) is 0. The Labute approximate surface area is 80.8 Å². The number of allylic oxidation sites excluding steroid dienone is 1. The van der Waals surface area contributed by atoms with E-state index in [-0.39, 0.29) is 10.9 Å². The molecule has 0 aliphatic carbocycles. The monoisotopic (exact) mass is 202 g/mol. The summed E-state index contributed by atoms with van der Waals surface area (Å²) in [5, 5.41) is -0.361. The molecule has 0 spiro atoms. The molecule has 0 heterocycles. The summed E-state index contributed by atoms with van der Waals surface area (Å²) >= 11 is 5.71. The molecule has 0 aromatic heterocycles. The zero-order valence-electron chi connectivity index (χ0n) is 7.15. The van der Waals surface area contributed by atoms with Crippen molar-refractivity contribution in [2.24, 2.45) is 0 Å². The molecule has 3 heteroatoms. The van der Waals surface area contributed by atoms with Gasteiger partial charge in [-0.3, -0.25) is 0 Å². The van der Waals surface area contributed by atoms with Crippen molar-refractivity contribution in [2.45, 2.75) is 12.3 Å². The average molecular weight is 203 g/mol. The van der Waals surface area contributed by atoms with Gasteiger partial charge in [-0.25, -0.2) is 8.78 Å². The van der Waals surface area contributed by atoms with E-state index in [0.29, 0.717) is 5.57 Å². The van der Waals surface area contributed by atoms with Gasteiger partial charge < -0.3 is 0 Å². The Balaban J connectivity index is 3.09. The Morgan fingerprint density at radius 3 is 2.54 bits per heavy atom. The third kappa shape index (κ3) is 2.28. The van der Waals surface area contributed by atoms with Crippen molar-refractivity contribution >= 4 is 17.2 Å². The summed E-state index contributed by atoms with van der Waals surface area (Å²) in [5.74, 6) is -1.23. The Hall–Kier alpha value is -0.890. The fourth-order valence-electron chi connectivity index (χ4n) is 0.964. The maximum absolute atomic E-state index is 13.1.